The van der Waals surface area contributed by atoms with E-state index in [0.717, 1.165) is 61.0 Å². The number of ether oxygens (including phenoxy) is 1. The first-order chi connectivity index (χ1) is 16.9. The van der Waals surface area contributed by atoms with Crippen molar-refractivity contribution in [2.45, 2.75) is 57.3 Å². The summed E-state index contributed by atoms with van der Waals surface area (Å²) >= 11 is 0. The Kier molecular flexibility index (Phi) is 5.40. The van der Waals surface area contributed by atoms with Crippen LogP contribution in [0.2, 0.25) is 0 Å². The number of hydrogen-bond acceptors (Lipinski definition) is 3. The van der Waals surface area contributed by atoms with Gasteiger partial charge in [0.05, 0.1) is 22.6 Å². The van der Waals surface area contributed by atoms with Crippen LogP contribution < -0.4 is 0 Å². The average Bonchev–Trinajstić information content (AvgIpc) is 3.46. The summed E-state index contributed by atoms with van der Waals surface area (Å²) in [4.78, 5) is 11.9. The Morgan fingerprint density at radius 1 is 1.11 bits per heavy atom. The van der Waals surface area contributed by atoms with Crippen molar-refractivity contribution >= 4 is 27.8 Å². The molecule has 1 aliphatic carbocycles. The molecule has 0 amide bonds. The number of carboxylic acids is 1. The molecule has 0 atom stereocenters. The highest BCUT2D eigenvalue weighted by Gasteiger charge is 2.40. The Morgan fingerprint density at radius 2 is 1.83 bits per heavy atom. The molecular weight excluding hydrogens is 445 g/mol. The largest absolute Gasteiger partial charge is 0.481 e. The molecule has 3 heterocycles. The first kappa shape index (κ1) is 22.3. The van der Waals surface area contributed by atoms with Gasteiger partial charge in [0.25, 0.3) is 0 Å². The minimum Gasteiger partial charge on any atom is -0.481 e. The van der Waals surface area contributed by atoms with E-state index >= 15 is 0 Å². The van der Waals surface area contributed by atoms with E-state index in [1.54, 1.807) is 0 Å². The Balaban J connectivity index is 1.60. The third-order valence-electron chi connectivity index (χ3n) is 8.31. The molecule has 182 valence electrons. The number of nitrogens with zero attached hydrogens (tertiary/aromatic N) is 2. The molecule has 2 aromatic carbocycles. The molecule has 0 unspecified atom stereocenters. The monoisotopic (exact) mass is 475 g/mol. The summed E-state index contributed by atoms with van der Waals surface area (Å²) in [6.45, 7) is 3.32. The number of aliphatic carboxylic acids is 1. The molecule has 0 spiro atoms. The van der Waals surface area contributed by atoms with Gasteiger partial charge < -0.3 is 14.4 Å². The van der Waals surface area contributed by atoms with Crippen molar-refractivity contribution in [1.29, 1.82) is 0 Å². The lowest BCUT2D eigenvalue weighted by Crippen LogP contribution is -2.32. The second-order valence-electron chi connectivity index (χ2n) is 10.5. The lowest BCUT2D eigenvalue weighted by atomic mass is 9.69. The van der Waals surface area contributed by atoms with Gasteiger partial charge in [0.1, 0.15) is 5.82 Å². The molecule has 1 aliphatic heterocycles. The summed E-state index contributed by atoms with van der Waals surface area (Å²) < 4.78 is 21.9. The van der Waals surface area contributed by atoms with Crippen molar-refractivity contribution in [3.8, 4) is 5.69 Å². The highest BCUT2D eigenvalue weighted by atomic mass is 19.1. The minimum atomic E-state index is -0.700. The van der Waals surface area contributed by atoms with E-state index in [0.29, 0.717) is 18.8 Å². The topological polar surface area (TPSA) is 80.1 Å². The molecule has 6 rings (SSSR count). The van der Waals surface area contributed by atoms with E-state index in [1.807, 2.05) is 25.3 Å². The summed E-state index contributed by atoms with van der Waals surface area (Å²) in [7, 11) is 0. The maximum Gasteiger partial charge on any atom is 0.309 e. The second-order valence-corrected chi connectivity index (χ2v) is 10.5. The van der Waals surface area contributed by atoms with Crippen LogP contribution in [0.15, 0.2) is 42.6 Å². The van der Waals surface area contributed by atoms with E-state index in [9.17, 15) is 14.3 Å². The number of hydrogen-bond donors (Lipinski definition) is 2. The Labute approximate surface area is 203 Å². The predicted molar refractivity (Wildman–Crippen MR) is 133 cm³/mol. The number of fused-ring (bicyclic) bond motifs is 2. The fraction of sp³-hybridized carbons (Fsp3) is 0.429. The number of aromatic nitrogens is 3. The summed E-state index contributed by atoms with van der Waals surface area (Å²) in [5.41, 5.74) is 4.95. The zero-order valence-electron chi connectivity index (χ0n) is 19.9. The number of carboxylic acid groups (broad SMARTS) is 1. The summed E-state index contributed by atoms with van der Waals surface area (Å²) in [5, 5.41) is 19.4. The normalized spacial score (nSPS) is 23.8. The lowest BCUT2D eigenvalue weighted by Gasteiger charge is -2.35. The molecule has 2 N–H and O–H groups in total. The first-order valence-corrected chi connectivity index (χ1v) is 12.5. The van der Waals surface area contributed by atoms with Gasteiger partial charge in [-0.15, -0.1) is 0 Å². The quantitative estimate of drug-likeness (QED) is 0.364. The van der Waals surface area contributed by atoms with Crippen LogP contribution in [0.5, 0.6) is 0 Å². The summed E-state index contributed by atoms with van der Waals surface area (Å²) in [6.07, 6.45) is 6.70. The first-order valence-electron chi connectivity index (χ1n) is 12.5. The zero-order chi connectivity index (χ0) is 24.2. The number of H-pyrrole nitrogens is 1. The molecule has 6 nitrogen and oxygen atoms in total. The molecule has 2 aliphatic rings. The molecule has 4 aromatic rings. The van der Waals surface area contributed by atoms with E-state index < -0.39 is 11.4 Å². The van der Waals surface area contributed by atoms with Crippen LogP contribution in [0.3, 0.4) is 0 Å². The maximum absolute atomic E-state index is 13.9. The fourth-order valence-corrected chi connectivity index (χ4v) is 6.20. The Bertz CT molecular complexity index is 1390. The zero-order valence-corrected chi connectivity index (χ0v) is 19.9. The van der Waals surface area contributed by atoms with Crippen LogP contribution in [0.25, 0.3) is 27.5 Å². The van der Waals surface area contributed by atoms with Crippen molar-refractivity contribution < 1.29 is 19.0 Å². The highest BCUT2D eigenvalue weighted by Crippen LogP contribution is 2.49. The van der Waals surface area contributed by atoms with Crippen molar-refractivity contribution in [3.63, 3.8) is 0 Å². The van der Waals surface area contributed by atoms with Crippen molar-refractivity contribution in [2.75, 3.05) is 13.2 Å². The summed E-state index contributed by atoms with van der Waals surface area (Å²) in [5.74, 6) is -0.366. The van der Waals surface area contributed by atoms with E-state index in [4.69, 9.17) is 4.74 Å². The van der Waals surface area contributed by atoms with Gasteiger partial charge in [-0.05, 0) is 93.3 Å². The molecule has 35 heavy (non-hydrogen) atoms. The van der Waals surface area contributed by atoms with Crippen molar-refractivity contribution in [1.82, 2.24) is 14.8 Å². The number of halogens is 1. The number of rotatable bonds is 4. The van der Waals surface area contributed by atoms with Crippen molar-refractivity contribution in [3.05, 3.63) is 59.7 Å². The smallest absolute Gasteiger partial charge is 0.309 e. The highest BCUT2D eigenvalue weighted by molar-refractivity contribution is 5.99. The third kappa shape index (κ3) is 3.73. The van der Waals surface area contributed by atoms with E-state index in [2.05, 4.69) is 26.9 Å². The molecule has 2 aromatic heterocycles. The standard InChI is InChI=1S/C28H30FN3O3/c1-28(27(33)34)10-6-17(7-11-28)25-22-15-23-19(16-30-31-23)14-24(22)32(21-4-2-20(29)3-5-21)26(25)18-8-12-35-13-9-18/h2-5,14-18H,6-13H2,1H3,(H,30,31)(H,33,34)/t17-,28-. The van der Waals surface area contributed by atoms with E-state index in [-0.39, 0.29) is 11.7 Å². The second kappa shape index (κ2) is 8.48. The van der Waals surface area contributed by atoms with Gasteiger partial charge in [-0.3, -0.25) is 9.89 Å². The van der Waals surface area contributed by atoms with Crippen LogP contribution in [0.4, 0.5) is 4.39 Å². The molecule has 1 saturated carbocycles. The number of benzene rings is 2. The molecule has 0 radical (unpaired) electrons. The SMILES string of the molecule is C[C@]1(C(=O)O)CC[C@H](c2c(C3CCOCC3)n(-c3ccc(F)cc3)c3cc4cn[nH]c4cc32)CC1. The van der Waals surface area contributed by atoms with Gasteiger partial charge in [0, 0.05) is 41.3 Å². The number of nitrogens with one attached hydrogen (secondary N) is 1. The van der Waals surface area contributed by atoms with Gasteiger partial charge in [0.15, 0.2) is 0 Å². The van der Waals surface area contributed by atoms with Gasteiger partial charge in [-0.1, -0.05) is 0 Å². The summed E-state index contributed by atoms with van der Waals surface area (Å²) in [6, 6.07) is 11.1. The van der Waals surface area contributed by atoms with Gasteiger partial charge >= 0.3 is 5.97 Å². The Hall–Kier alpha value is -3.19. The molecule has 2 fully saturated rings. The van der Waals surface area contributed by atoms with Crippen molar-refractivity contribution in [2.24, 2.45) is 5.41 Å². The molecule has 7 heteroatoms. The molecular formula is C28H30FN3O3. The van der Waals surface area contributed by atoms with Gasteiger partial charge in [0.2, 0.25) is 0 Å². The van der Waals surface area contributed by atoms with Gasteiger partial charge in [-0.25, -0.2) is 4.39 Å². The van der Waals surface area contributed by atoms with Crippen LogP contribution in [-0.4, -0.2) is 39.1 Å². The third-order valence-corrected chi connectivity index (χ3v) is 8.31. The molecule has 1 saturated heterocycles. The lowest BCUT2D eigenvalue weighted by molar-refractivity contribution is -0.149. The molecule has 0 bridgehead atoms. The maximum atomic E-state index is 13.9. The number of carbonyl (C=O) groups is 1. The van der Waals surface area contributed by atoms with Crippen LogP contribution in [0.1, 0.15) is 68.5 Å². The van der Waals surface area contributed by atoms with Crippen LogP contribution >= 0.6 is 0 Å². The minimum absolute atomic E-state index is 0.254. The van der Waals surface area contributed by atoms with E-state index in [1.165, 1.54) is 28.8 Å². The Morgan fingerprint density at radius 3 is 2.51 bits per heavy atom. The van der Waals surface area contributed by atoms with Crippen LogP contribution in [-0.2, 0) is 9.53 Å². The number of aromatic amines is 1. The van der Waals surface area contributed by atoms with Crippen LogP contribution in [0, 0.1) is 11.2 Å². The fourth-order valence-electron chi connectivity index (χ4n) is 6.20. The predicted octanol–water partition coefficient (Wildman–Crippen LogP) is 6.29. The average molecular weight is 476 g/mol. The van der Waals surface area contributed by atoms with Gasteiger partial charge in [-0.2, -0.15) is 5.10 Å².